The molecule has 2 aliphatic rings. The van der Waals surface area contributed by atoms with Crippen molar-refractivity contribution in [2.75, 3.05) is 39.3 Å². The van der Waals surface area contributed by atoms with Crippen LogP contribution in [0.5, 0.6) is 5.75 Å². The molecule has 0 aromatic heterocycles. The van der Waals surface area contributed by atoms with Gasteiger partial charge in [0, 0.05) is 19.1 Å². The van der Waals surface area contributed by atoms with Crippen molar-refractivity contribution in [2.45, 2.75) is 45.1 Å². The first kappa shape index (κ1) is 24.5. The zero-order valence-electron chi connectivity index (χ0n) is 19.0. The maximum absolute atomic E-state index is 12.6. The Morgan fingerprint density at radius 3 is 2.69 bits per heavy atom. The molecule has 0 aliphatic carbocycles. The van der Waals surface area contributed by atoms with Crippen LogP contribution in [0.3, 0.4) is 0 Å². The largest absolute Gasteiger partial charge is 0.547 e. The van der Waals surface area contributed by atoms with E-state index in [1.165, 1.54) is 6.07 Å². The number of nitrogens with one attached hydrogen (secondary N) is 3. The van der Waals surface area contributed by atoms with Crippen LogP contribution in [0, 0.1) is 5.92 Å². The van der Waals surface area contributed by atoms with Crippen molar-refractivity contribution in [3.63, 3.8) is 0 Å². The van der Waals surface area contributed by atoms with Gasteiger partial charge in [0.2, 0.25) is 5.91 Å². The SMILES string of the molecule is CC(C)NCCNCC1CCN(CC(=O)N[C@H]2Cc3cccc(C(=O)O)c3OB2O)CC1. The average molecular weight is 446 g/mol. The lowest BCUT2D eigenvalue weighted by atomic mass is 9.72. The predicted molar refractivity (Wildman–Crippen MR) is 123 cm³/mol. The summed E-state index contributed by atoms with van der Waals surface area (Å²) in [5.41, 5.74) is 0.678. The first-order chi connectivity index (χ1) is 15.3. The lowest BCUT2D eigenvalue weighted by molar-refractivity contribution is -0.123. The number of nitrogens with zero attached hydrogens (tertiary/aromatic N) is 1. The van der Waals surface area contributed by atoms with Crippen molar-refractivity contribution in [1.29, 1.82) is 0 Å². The van der Waals surface area contributed by atoms with Crippen LogP contribution in [0.4, 0.5) is 0 Å². The monoisotopic (exact) mass is 446 g/mol. The Morgan fingerprint density at radius 2 is 2.00 bits per heavy atom. The molecule has 32 heavy (non-hydrogen) atoms. The maximum Gasteiger partial charge on any atom is 0.547 e. The molecule has 0 radical (unpaired) electrons. The molecule has 0 unspecified atom stereocenters. The van der Waals surface area contributed by atoms with E-state index in [-0.39, 0.29) is 23.8 Å². The second kappa shape index (κ2) is 11.6. The lowest BCUT2D eigenvalue weighted by Gasteiger charge is -2.33. The zero-order valence-corrected chi connectivity index (χ0v) is 19.0. The second-order valence-corrected chi connectivity index (χ2v) is 9.02. The fourth-order valence-electron chi connectivity index (χ4n) is 4.28. The number of aromatic carboxylic acids is 1. The maximum atomic E-state index is 12.6. The van der Waals surface area contributed by atoms with Crippen LogP contribution < -0.4 is 20.6 Å². The summed E-state index contributed by atoms with van der Waals surface area (Å²) in [6.07, 6.45) is 2.43. The molecule has 1 saturated heterocycles. The number of rotatable bonds is 10. The molecule has 9 nitrogen and oxygen atoms in total. The number of fused-ring (bicyclic) bond motifs is 1. The number of carboxylic acid groups (broad SMARTS) is 1. The smallest absolute Gasteiger partial charge is 0.534 e. The van der Waals surface area contributed by atoms with E-state index in [2.05, 4.69) is 34.7 Å². The number of carbonyl (C=O) groups is 2. The molecular weight excluding hydrogens is 411 g/mol. The van der Waals surface area contributed by atoms with Gasteiger partial charge in [0.1, 0.15) is 5.75 Å². The summed E-state index contributed by atoms with van der Waals surface area (Å²) in [6, 6.07) is 5.34. The van der Waals surface area contributed by atoms with Crippen molar-refractivity contribution >= 4 is 19.0 Å². The third-order valence-corrected chi connectivity index (χ3v) is 6.06. The highest BCUT2D eigenvalue weighted by Gasteiger charge is 2.38. The number of amides is 1. The average Bonchev–Trinajstić information content (AvgIpc) is 2.74. The van der Waals surface area contributed by atoms with Gasteiger partial charge in [-0.3, -0.25) is 9.69 Å². The Hall–Kier alpha value is -2.14. The van der Waals surface area contributed by atoms with Gasteiger partial charge in [0.15, 0.2) is 0 Å². The summed E-state index contributed by atoms with van der Waals surface area (Å²) >= 11 is 0. The third kappa shape index (κ3) is 6.93. The minimum Gasteiger partial charge on any atom is -0.534 e. The molecule has 176 valence electrons. The summed E-state index contributed by atoms with van der Waals surface area (Å²) in [5.74, 6) is -1.08. The number of hydrogen-bond acceptors (Lipinski definition) is 7. The number of hydrogen-bond donors (Lipinski definition) is 5. The van der Waals surface area contributed by atoms with Gasteiger partial charge < -0.3 is 30.7 Å². The number of piperidine rings is 1. The Morgan fingerprint density at radius 1 is 1.25 bits per heavy atom. The zero-order chi connectivity index (χ0) is 23.1. The highest BCUT2D eigenvalue weighted by Crippen LogP contribution is 2.30. The molecule has 1 atom stereocenters. The number of carboxylic acids is 1. The summed E-state index contributed by atoms with van der Waals surface area (Å²) in [7, 11) is -1.28. The summed E-state index contributed by atoms with van der Waals surface area (Å²) < 4.78 is 5.44. The first-order valence-corrected chi connectivity index (χ1v) is 11.5. The van der Waals surface area contributed by atoms with E-state index in [0.29, 0.717) is 23.9 Å². The number of carbonyl (C=O) groups excluding carboxylic acids is 1. The van der Waals surface area contributed by atoms with E-state index in [4.69, 9.17) is 4.65 Å². The molecule has 0 spiro atoms. The summed E-state index contributed by atoms with van der Waals surface area (Å²) in [5, 5.41) is 29.3. The van der Waals surface area contributed by atoms with E-state index in [1.807, 2.05) is 0 Å². The van der Waals surface area contributed by atoms with Gasteiger partial charge in [0.25, 0.3) is 0 Å². The number of para-hydroxylation sites is 1. The molecule has 0 saturated carbocycles. The molecule has 1 aromatic rings. The van der Waals surface area contributed by atoms with Crippen molar-refractivity contribution in [3.05, 3.63) is 29.3 Å². The predicted octanol–water partition coefficient (Wildman–Crippen LogP) is 0.124. The third-order valence-electron chi connectivity index (χ3n) is 6.06. The van der Waals surface area contributed by atoms with E-state index in [0.717, 1.165) is 45.6 Å². The molecule has 1 aromatic carbocycles. The van der Waals surface area contributed by atoms with E-state index < -0.39 is 19.0 Å². The topological polar surface area (TPSA) is 123 Å². The van der Waals surface area contributed by atoms with Gasteiger partial charge in [-0.05, 0) is 56.4 Å². The van der Waals surface area contributed by atoms with Gasteiger partial charge >= 0.3 is 13.1 Å². The van der Waals surface area contributed by atoms with Gasteiger partial charge in [-0.1, -0.05) is 26.0 Å². The van der Waals surface area contributed by atoms with Crippen molar-refractivity contribution in [2.24, 2.45) is 5.92 Å². The van der Waals surface area contributed by atoms with Gasteiger partial charge in [-0.2, -0.15) is 0 Å². The Kier molecular flexibility index (Phi) is 8.92. The number of likely N-dealkylation sites (tertiary alicyclic amines) is 1. The molecule has 0 bridgehead atoms. The van der Waals surface area contributed by atoms with Crippen LogP contribution in [0.2, 0.25) is 0 Å². The first-order valence-electron chi connectivity index (χ1n) is 11.5. The molecule has 5 N–H and O–H groups in total. The van der Waals surface area contributed by atoms with Gasteiger partial charge in [-0.25, -0.2) is 4.79 Å². The quantitative estimate of drug-likeness (QED) is 0.254. The standard InChI is InChI=1S/C22H35BN4O5/c1-15(2)25-9-8-24-13-16-6-10-27(11-7-16)14-20(28)26-19-12-17-4-3-5-18(22(29)30)21(17)32-23(19)31/h3-5,15-16,19,24-25,31H,6-14H2,1-2H3,(H,26,28)(H,29,30)/t19-/m0/s1. The molecule has 2 aliphatic heterocycles. The Balaban J connectivity index is 1.39. The van der Waals surface area contributed by atoms with Crippen LogP contribution >= 0.6 is 0 Å². The Bertz CT molecular complexity index is 786. The summed E-state index contributed by atoms with van der Waals surface area (Å²) in [6.45, 7) is 9.24. The van der Waals surface area contributed by atoms with Crippen LogP contribution in [0.1, 0.15) is 42.6 Å². The van der Waals surface area contributed by atoms with Gasteiger partial charge in [0.05, 0.1) is 18.0 Å². The normalized spacial score (nSPS) is 19.5. The molecule has 2 heterocycles. The molecule has 1 fully saturated rings. The minimum atomic E-state index is -1.28. The van der Waals surface area contributed by atoms with Crippen molar-refractivity contribution < 1.29 is 24.4 Å². The van der Waals surface area contributed by atoms with E-state index in [9.17, 15) is 19.7 Å². The highest BCUT2D eigenvalue weighted by atomic mass is 16.5. The van der Waals surface area contributed by atoms with Crippen LogP contribution in [-0.4, -0.2) is 85.3 Å². The highest BCUT2D eigenvalue weighted by molar-refractivity contribution is 6.47. The fourth-order valence-corrected chi connectivity index (χ4v) is 4.28. The fraction of sp³-hybridized carbons (Fsp3) is 0.636. The van der Waals surface area contributed by atoms with Gasteiger partial charge in [-0.15, -0.1) is 0 Å². The molecule has 10 heteroatoms. The van der Waals surface area contributed by atoms with Crippen LogP contribution in [0.15, 0.2) is 18.2 Å². The summed E-state index contributed by atoms with van der Waals surface area (Å²) in [4.78, 5) is 26.0. The molecule has 1 amide bonds. The van der Waals surface area contributed by atoms with Crippen molar-refractivity contribution in [3.8, 4) is 5.75 Å². The van der Waals surface area contributed by atoms with Crippen LogP contribution in [-0.2, 0) is 11.2 Å². The van der Waals surface area contributed by atoms with E-state index in [1.54, 1.807) is 12.1 Å². The second-order valence-electron chi connectivity index (χ2n) is 9.02. The lowest BCUT2D eigenvalue weighted by Crippen LogP contribution is -2.55. The molecule has 3 rings (SSSR count). The molecular formula is C22H35BN4O5. The van der Waals surface area contributed by atoms with E-state index >= 15 is 0 Å². The number of benzene rings is 1. The van der Waals surface area contributed by atoms with Crippen molar-refractivity contribution in [1.82, 2.24) is 20.9 Å². The minimum absolute atomic E-state index is 0.0138. The Labute approximate surface area is 190 Å². The van der Waals surface area contributed by atoms with Crippen LogP contribution in [0.25, 0.3) is 0 Å².